The van der Waals surface area contributed by atoms with Gasteiger partial charge in [0.15, 0.2) is 0 Å². The predicted molar refractivity (Wildman–Crippen MR) is 79.1 cm³/mol. The number of nitrogens with zero attached hydrogens (tertiary/aromatic N) is 1. The molecule has 0 aromatic heterocycles. The summed E-state index contributed by atoms with van der Waals surface area (Å²) in [6, 6.07) is 0. The maximum Gasteiger partial charge on any atom is 0.316 e. The fourth-order valence-corrected chi connectivity index (χ4v) is 2.21. The van der Waals surface area contributed by atoms with Crippen LogP contribution >= 0.6 is 0 Å². The number of hydrogen-bond donors (Lipinski definition) is 2. The summed E-state index contributed by atoms with van der Waals surface area (Å²) in [7, 11) is 3.03. The van der Waals surface area contributed by atoms with Crippen molar-refractivity contribution >= 4 is 17.7 Å². The van der Waals surface area contributed by atoms with Gasteiger partial charge in [0.2, 0.25) is 5.91 Å². The number of imide groups is 1. The second-order valence-corrected chi connectivity index (χ2v) is 5.12. The fraction of sp³-hybridized carbons (Fsp3) is 0.786. The third-order valence-electron chi connectivity index (χ3n) is 3.56. The number of ether oxygens (including phenoxy) is 2. The third-order valence-corrected chi connectivity index (χ3v) is 3.56. The highest BCUT2D eigenvalue weighted by atomic mass is 16.5. The first-order valence-corrected chi connectivity index (χ1v) is 7.42. The van der Waals surface area contributed by atoms with Gasteiger partial charge in [-0.15, -0.1) is 0 Å². The zero-order chi connectivity index (χ0) is 16.4. The molecule has 0 unspecified atom stereocenters. The van der Waals surface area contributed by atoms with Crippen LogP contribution in [-0.4, -0.2) is 76.2 Å². The molecule has 0 saturated carbocycles. The van der Waals surface area contributed by atoms with E-state index in [1.165, 1.54) is 19.1 Å². The molecule has 0 aromatic rings. The molecule has 1 saturated heterocycles. The zero-order valence-electron chi connectivity index (χ0n) is 13.2. The Kier molecular flexibility index (Phi) is 8.64. The molecule has 0 atom stereocenters. The molecule has 0 bridgehead atoms. The van der Waals surface area contributed by atoms with E-state index in [0.29, 0.717) is 26.1 Å². The van der Waals surface area contributed by atoms with Crippen LogP contribution in [-0.2, 0) is 23.9 Å². The van der Waals surface area contributed by atoms with Crippen LogP contribution in [0.25, 0.3) is 0 Å². The number of piperidine rings is 1. The van der Waals surface area contributed by atoms with Crippen LogP contribution in [0.5, 0.6) is 0 Å². The quantitative estimate of drug-likeness (QED) is 0.570. The number of amides is 3. The molecule has 0 aromatic carbocycles. The molecule has 1 aliphatic rings. The van der Waals surface area contributed by atoms with Crippen LogP contribution in [0.4, 0.5) is 0 Å². The Morgan fingerprint density at radius 3 is 2.14 bits per heavy atom. The van der Waals surface area contributed by atoms with Crippen molar-refractivity contribution in [2.75, 3.05) is 53.6 Å². The molecule has 0 aliphatic carbocycles. The van der Waals surface area contributed by atoms with Gasteiger partial charge in [0.1, 0.15) is 0 Å². The maximum absolute atomic E-state index is 12.1. The van der Waals surface area contributed by atoms with E-state index in [2.05, 4.69) is 10.6 Å². The van der Waals surface area contributed by atoms with E-state index >= 15 is 0 Å². The van der Waals surface area contributed by atoms with Gasteiger partial charge >= 0.3 is 11.8 Å². The van der Waals surface area contributed by atoms with Crippen LogP contribution in [0.2, 0.25) is 0 Å². The fourth-order valence-electron chi connectivity index (χ4n) is 2.21. The number of hydrogen-bond acceptors (Lipinski definition) is 6. The summed E-state index contributed by atoms with van der Waals surface area (Å²) >= 11 is 0. The van der Waals surface area contributed by atoms with Gasteiger partial charge in [-0.25, -0.2) is 0 Å². The van der Waals surface area contributed by atoms with E-state index in [0.717, 1.165) is 13.1 Å². The molecular formula is C14H25N3O5. The molecule has 0 spiro atoms. The smallest absolute Gasteiger partial charge is 0.316 e. The standard InChI is InChI=1S/C14H25N3O5/c1-21-9-7-17(8-10-22-2)14(20)13(19)16-12(18)11-3-5-15-6-4-11/h11,15H,3-10H2,1-2H3,(H,16,18,19). The van der Waals surface area contributed by atoms with Gasteiger partial charge in [0.25, 0.3) is 0 Å². The van der Waals surface area contributed by atoms with Crippen LogP contribution in [0.1, 0.15) is 12.8 Å². The van der Waals surface area contributed by atoms with Crippen molar-refractivity contribution in [2.24, 2.45) is 5.92 Å². The first-order chi connectivity index (χ1) is 10.6. The Bertz CT molecular complexity index is 375. The van der Waals surface area contributed by atoms with Gasteiger partial charge in [0.05, 0.1) is 13.2 Å². The maximum atomic E-state index is 12.1. The summed E-state index contributed by atoms with van der Waals surface area (Å²) in [5.41, 5.74) is 0. The summed E-state index contributed by atoms with van der Waals surface area (Å²) in [4.78, 5) is 37.4. The summed E-state index contributed by atoms with van der Waals surface area (Å²) in [6.45, 7) is 2.65. The molecule has 8 nitrogen and oxygen atoms in total. The monoisotopic (exact) mass is 315 g/mol. The molecule has 0 radical (unpaired) electrons. The lowest BCUT2D eigenvalue weighted by Crippen LogP contribution is -2.49. The third kappa shape index (κ3) is 6.08. The lowest BCUT2D eigenvalue weighted by atomic mass is 9.97. The van der Waals surface area contributed by atoms with E-state index in [1.54, 1.807) is 0 Å². The van der Waals surface area contributed by atoms with Crippen molar-refractivity contribution in [3.05, 3.63) is 0 Å². The first-order valence-electron chi connectivity index (χ1n) is 7.42. The molecule has 1 heterocycles. The number of carbonyl (C=O) groups excluding carboxylic acids is 3. The minimum atomic E-state index is -0.893. The van der Waals surface area contributed by atoms with Crippen molar-refractivity contribution in [1.82, 2.24) is 15.5 Å². The molecule has 8 heteroatoms. The molecule has 2 N–H and O–H groups in total. The summed E-state index contributed by atoms with van der Waals surface area (Å²) in [5, 5.41) is 5.35. The van der Waals surface area contributed by atoms with Crippen molar-refractivity contribution < 1.29 is 23.9 Å². The van der Waals surface area contributed by atoms with Gasteiger partial charge in [0, 0.05) is 33.2 Å². The van der Waals surface area contributed by atoms with Crippen LogP contribution < -0.4 is 10.6 Å². The van der Waals surface area contributed by atoms with Crippen LogP contribution in [0.15, 0.2) is 0 Å². The Balaban J connectivity index is 2.51. The number of carbonyl (C=O) groups is 3. The average molecular weight is 315 g/mol. The lowest BCUT2D eigenvalue weighted by Gasteiger charge is -2.23. The Labute approximate surface area is 130 Å². The van der Waals surface area contributed by atoms with Gasteiger partial charge in [-0.2, -0.15) is 0 Å². The molecule has 1 fully saturated rings. The second-order valence-electron chi connectivity index (χ2n) is 5.12. The van der Waals surface area contributed by atoms with Crippen molar-refractivity contribution in [3.63, 3.8) is 0 Å². The Hall–Kier alpha value is -1.51. The topological polar surface area (TPSA) is 97.0 Å². The normalized spacial score (nSPS) is 15.4. The molecule has 1 rings (SSSR count). The van der Waals surface area contributed by atoms with E-state index in [9.17, 15) is 14.4 Å². The summed E-state index contributed by atoms with van der Waals surface area (Å²) in [6.07, 6.45) is 1.34. The lowest BCUT2D eigenvalue weighted by molar-refractivity contribution is -0.149. The van der Waals surface area contributed by atoms with Gasteiger partial charge < -0.3 is 19.7 Å². The highest BCUT2D eigenvalue weighted by molar-refractivity contribution is 6.37. The van der Waals surface area contributed by atoms with E-state index in [4.69, 9.17) is 9.47 Å². The SMILES string of the molecule is COCCN(CCOC)C(=O)C(=O)NC(=O)C1CCNCC1. The average Bonchev–Trinajstić information content (AvgIpc) is 2.55. The molecule has 22 heavy (non-hydrogen) atoms. The van der Waals surface area contributed by atoms with E-state index in [1.807, 2.05) is 0 Å². The van der Waals surface area contributed by atoms with E-state index in [-0.39, 0.29) is 24.9 Å². The Morgan fingerprint density at radius 2 is 1.64 bits per heavy atom. The van der Waals surface area contributed by atoms with Gasteiger partial charge in [-0.05, 0) is 25.9 Å². The van der Waals surface area contributed by atoms with Gasteiger partial charge in [-0.3, -0.25) is 19.7 Å². The largest absolute Gasteiger partial charge is 0.383 e. The number of rotatable bonds is 7. The molecular weight excluding hydrogens is 290 g/mol. The van der Waals surface area contributed by atoms with E-state index < -0.39 is 11.8 Å². The molecule has 3 amide bonds. The number of methoxy groups -OCH3 is 2. The summed E-state index contributed by atoms with van der Waals surface area (Å²) in [5.74, 6) is -2.23. The van der Waals surface area contributed by atoms with Crippen LogP contribution in [0, 0.1) is 5.92 Å². The summed E-state index contributed by atoms with van der Waals surface area (Å²) < 4.78 is 9.84. The minimum absolute atomic E-state index is 0.218. The second kappa shape index (κ2) is 10.3. The zero-order valence-corrected chi connectivity index (χ0v) is 13.2. The van der Waals surface area contributed by atoms with Crippen LogP contribution in [0.3, 0.4) is 0 Å². The first kappa shape index (κ1) is 18.5. The minimum Gasteiger partial charge on any atom is -0.383 e. The molecule has 1 aliphatic heterocycles. The van der Waals surface area contributed by atoms with Crippen molar-refractivity contribution in [2.45, 2.75) is 12.8 Å². The van der Waals surface area contributed by atoms with Crippen molar-refractivity contribution in [1.29, 1.82) is 0 Å². The van der Waals surface area contributed by atoms with Gasteiger partial charge in [-0.1, -0.05) is 0 Å². The highest BCUT2D eigenvalue weighted by Gasteiger charge is 2.27. The van der Waals surface area contributed by atoms with Crippen molar-refractivity contribution in [3.8, 4) is 0 Å². The molecule has 126 valence electrons. The Morgan fingerprint density at radius 1 is 1.09 bits per heavy atom. The predicted octanol–water partition coefficient (Wildman–Crippen LogP) is -1.25. The number of nitrogens with one attached hydrogen (secondary N) is 2. The highest BCUT2D eigenvalue weighted by Crippen LogP contribution is 2.11.